The maximum atomic E-state index is 11.8. The highest BCUT2D eigenvalue weighted by atomic mass is 32.2. The fourth-order valence-electron chi connectivity index (χ4n) is 3.69. The van der Waals surface area contributed by atoms with Crippen LogP contribution in [0, 0.1) is 5.92 Å². The molecular weight excluding hydrogens is 308 g/mol. The van der Waals surface area contributed by atoms with Crippen LogP contribution in [0.5, 0.6) is 0 Å². The summed E-state index contributed by atoms with van der Waals surface area (Å²) in [5.41, 5.74) is 5.68. The maximum absolute atomic E-state index is 11.8. The second-order valence-electron chi connectivity index (χ2n) is 6.27. The predicted octanol–water partition coefficient (Wildman–Crippen LogP) is 1.41. The Morgan fingerprint density at radius 2 is 2.00 bits per heavy atom. The van der Waals surface area contributed by atoms with Crippen molar-refractivity contribution in [1.82, 2.24) is 9.27 Å². The first-order chi connectivity index (χ1) is 9.86. The van der Waals surface area contributed by atoms with E-state index < -0.39 is 9.84 Å². The topological polar surface area (TPSA) is 88.3 Å². The zero-order valence-electron chi connectivity index (χ0n) is 12.4. The van der Waals surface area contributed by atoms with Gasteiger partial charge in [-0.05, 0) is 50.2 Å². The van der Waals surface area contributed by atoms with Crippen LogP contribution < -0.4 is 11.1 Å². The molecule has 118 valence electrons. The molecule has 3 N–H and O–H groups in total. The van der Waals surface area contributed by atoms with Crippen molar-refractivity contribution in [1.29, 1.82) is 0 Å². The number of sulfone groups is 1. The highest BCUT2D eigenvalue weighted by molar-refractivity contribution is 7.91. The van der Waals surface area contributed by atoms with E-state index >= 15 is 0 Å². The van der Waals surface area contributed by atoms with Gasteiger partial charge in [0, 0.05) is 24.9 Å². The third-order valence-electron chi connectivity index (χ3n) is 4.79. The van der Waals surface area contributed by atoms with Crippen molar-refractivity contribution in [2.75, 3.05) is 30.9 Å². The summed E-state index contributed by atoms with van der Waals surface area (Å²) < 4.78 is 27.5. The Labute approximate surface area is 129 Å². The van der Waals surface area contributed by atoms with Crippen molar-refractivity contribution in [3.63, 3.8) is 0 Å². The molecular formula is C13H22N4O2S2. The van der Waals surface area contributed by atoms with Crippen LogP contribution in [0.3, 0.4) is 0 Å². The molecule has 2 fully saturated rings. The molecule has 0 saturated carbocycles. The zero-order chi connectivity index (χ0) is 15.2. The Morgan fingerprint density at radius 3 is 2.57 bits per heavy atom. The molecule has 3 rings (SSSR count). The molecule has 2 bridgehead atoms. The van der Waals surface area contributed by atoms with Crippen molar-refractivity contribution in [3.05, 3.63) is 0 Å². The van der Waals surface area contributed by atoms with Crippen LogP contribution in [0.2, 0.25) is 0 Å². The summed E-state index contributed by atoms with van der Waals surface area (Å²) >= 11 is 1.13. The number of aromatic nitrogens is 1. The van der Waals surface area contributed by atoms with Gasteiger partial charge in [0.05, 0.1) is 0 Å². The van der Waals surface area contributed by atoms with E-state index in [1.165, 1.54) is 31.9 Å². The average Bonchev–Trinajstić information content (AvgIpc) is 2.83. The van der Waals surface area contributed by atoms with Gasteiger partial charge in [-0.1, -0.05) is 0 Å². The Hall–Kier alpha value is -0.860. The molecule has 1 aromatic heterocycles. The van der Waals surface area contributed by atoms with Crippen LogP contribution in [0.4, 0.5) is 10.8 Å². The van der Waals surface area contributed by atoms with E-state index in [4.69, 9.17) is 5.73 Å². The zero-order valence-corrected chi connectivity index (χ0v) is 14.0. The molecule has 6 nitrogen and oxygen atoms in total. The standard InChI is InChI=1S/C13H22N4O2S2/c1-17-9-3-4-10(17)6-8(5-9)7-15-13-11(21(2,18)19)12(14)16-20-13/h8-10,15H,3-7H2,1-2H3,(H2,14,16). The van der Waals surface area contributed by atoms with Crippen LogP contribution in [0.1, 0.15) is 25.7 Å². The third-order valence-corrected chi connectivity index (χ3v) is 6.90. The first kappa shape index (κ1) is 15.1. The SMILES string of the molecule is CN1C2CCC1CC(CNc1snc(N)c1S(C)(=O)=O)C2. The lowest BCUT2D eigenvalue weighted by atomic mass is 9.91. The fraction of sp³-hybridized carbons (Fsp3) is 0.769. The van der Waals surface area contributed by atoms with E-state index in [9.17, 15) is 8.42 Å². The number of nitrogens with two attached hydrogens (primary N) is 1. The quantitative estimate of drug-likeness (QED) is 0.868. The van der Waals surface area contributed by atoms with Crippen LogP contribution in [-0.2, 0) is 9.84 Å². The van der Waals surface area contributed by atoms with Gasteiger partial charge in [-0.3, -0.25) is 0 Å². The van der Waals surface area contributed by atoms with Crippen molar-refractivity contribution >= 4 is 32.2 Å². The van der Waals surface area contributed by atoms with Gasteiger partial charge in [-0.25, -0.2) is 8.42 Å². The number of anilines is 2. The third kappa shape index (κ3) is 2.89. The lowest BCUT2D eigenvalue weighted by molar-refractivity contribution is 0.139. The molecule has 2 saturated heterocycles. The minimum atomic E-state index is -3.34. The molecule has 0 radical (unpaired) electrons. The Balaban J connectivity index is 1.67. The number of piperidine rings is 1. The molecule has 2 unspecified atom stereocenters. The largest absolute Gasteiger partial charge is 0.382 e. The van der Waals surface area contributed by atoms with Crippen LogP contribution in [-0.4, -0.2) is 49.6 Å². The maximum Gasteiger partial charge on any atom is 0.182 e. The van der Waals surface area contributed by atoms with Gasteiger partial charge in [0.1, 0.15) is 9.90 Å². The number of nitrogen functional groups attached to an aromatic ring is 1. The Bertz CT molecular complexity index is 614. The number of rotatable bonds is 4. The average molecular weight is 330 g/mol. The summed E-state index contributed by atoms with van der Waals surface area (Å²) in [6, 6.07) is 1.38. The summed E-state index contributed by atoms with van der Waals surface area (Å²) in [6.45, 7) is 0.797. The molecule has 2 aliphatic heterocycles. The fourth-order valence-corrected chi connectivity index (χ4v) is 5.77. The van der Waals surface area contributed by atoms with Crippen molar-refractivity contribution in [3.8, 4) is 0 Å². The monoisotopic (exact) mass is 330 g/mol. The molecule has 1 aromatic rings. The van der Waals surface area contributed by atoms with Crippen LogP contribution in [0.25, 0.3) is 0 Å². The summed E-state index contributed by atoms with van der Waals surface area (Å²) in [5.74, 6) is 0.697. The number of fused-ring (bicyclic) bond motifs is 2. The van der Waals surface area contributed by atoms with Gasteiger partial charge < -0.3 is 16.0 Å². The van der Waals surface area contributed by atoms with E-state index in [2.05, 4.69) is 21.6 Å². The van der Waals surface area contributed by atoms with E-state index in [1.54, 1.807) is 0 Å². The van der Waals surface area contributed by atoms with Crippen molar-refractivity contribution in [2.45, 2.75) is 42.7 Å². The number of hydrogen-bond donors (Lipinski definition) is 2. The van der Waals surface area contributed by atoms with E-state index in [0.29, 0.717) is 23.0 Å². The predicted molar refractivity (Wildman–Crippen MR) is 85.4 cm³/mol. The Morgan fingerprint density at radius 1 is 1.38 bits per heavy atom. The summed E-state index contributed by atoms with van der Waals surface area (Å²) in [6.07, 6.45) is 6.12. The smallest absolute Gasteiger partial charge is 0.182 e. The van der Waals surface area contributed by atoms with E-state index in [0.717, 1.165) is 18.1 Å². The van der Waals surface area contributed by atoms with Crippen LogP contribution >= 0.6 is 11.5 Å². The highest BCUT2D eigenvalue weighted by Crippen LogP contribution is 2.38. The Kier molecular flexibility index (Phi) is 3.87. The number of nitrogens with zero attached hydrogens (tertiary/aromatic N) is 2. The molecule has 2 aliphatic rings. The minimum Gasteiger partial charge on any atom is -0.382 e. The molecule has 2 atom stereocenters. The minimum absolute atomic E-state index is 0.105. The van der Waals surface area contributed by atoms with Gasteiger partial charge >= 0.3 is 0 Å². The van der Waals surface area contributed by atoms with Crippen molar-refractivity contribution < 1.29 is 8.42 Å². The van der Waals surface area contributed by atoms with Gasteiger partial charge in [-0.15, -0.1) is 0 Å². The van der Waals surface area contributed by atoms with Gasteiger partial charge in [0.2, 0.25) is 0 Å². The molecule has 3 heterocycles. The number of hydrogen-bond acceptors (Lipinski definition) is 7. The number of nitrogens with one attached hydrogen (secondary N) is 1. The van der Waals surface area contributed by atoms with E-state index in [1.807, 2.05) is 0 Å². The molecule has 0 aliphatic carbocycles. The molecule has 0 spiro atoms. The van der Waals surface area contributed by atoms with Crippen LogP contribution in [0.15, 0.2) is 4.90 Å². The second kappa shape index (κ2) is 5.40. The first-order valence-corrected chi connectivity index (χ1v) is 9.93. The summed E-state index contributed by atoms with van der Waals surface area (Å²) in [7, 11) is -1.12. The molecule has 8 heteroatoms. The molecule has 21 heavy (non-hydrogen) atoms. The van der Waals surface area contributed by atoms with Gasteiger partial charge in [0.15, 0.2) is 15.7 Å². The normalized spacial score (nSPS) is 29.7. The second-order valence-corrected chi connectivity index (χ2v) is 8.99. The summed E-state index contributed by atoms with van der Waals surface area (Å²) in [5, 5.41) is 3.86. The van der Waals surface area contributed by atoms with Gasteiger partial charge in [0.25, 0.3) is 0 Å². The summed E-state index contributed by atoms with van der Waals surface area (Å²) in [4.78, 5) is 2.66. The van der Waals surface area contributed by atoms with Gasteiger partial charge in [-0.2, -0.15) is 4.37 Å². The lowest BCUT2D eigenvalue weighted by Gasteiger charge is -2.36. The van der Waals surface area contributed by atoms with E-state index in [-0.39, 0.29) is 10.7 Å². The molecule has 0 amide bonds. The first-order valence-electron chi connectivity index (χ1n) is 7.27. The highest BCUT2D eigenvalue weighted by Gasteiger charge is 2.38. The van der Waals surface area contributed by atoms with Crippen molar-refractivity contribution in [2.24, 2.45) is 5.92 Å². The lowest BCUT2D eigenvalue weighted by Crippen LogP contribution is -2.41. The molecule has 0 aromatic carbocycles.